The first kappa shape index (κ1) is 27.3. The fourth-order valence-corrected chi connectivity index (χ4v) is 4.26. The molecule has 0 aliphatic carbocycles. The number of nitrogens with one attached hydrogen (secondary N) is 1. The summed E-state index contributed by atoms with van der Waals surface area (Å²) < 4.78 is 38.6. The van der Waals surface area contributed by atoms with Crippen molar-refractivity contribution in [2.24, 2.45) is 0 Å². The number of thioether (sulfide) groups is 1. The van der Waals surface area contributed by atoms with E-state index in [4.69, 9.17) is 11.6 Å². The predicted molar refractivity (Wildman–Crippen MR) is 138 cm³/mol. The number of anilines is 1. The van der Waals surface area contributed by atoms with Crippen molar-refractivity contribution in [3.05, 3.63) is 107 Å². The number of benzene rings is 2. The molecule has 0 aliphatic heterocycles. The third kappa shape index (κ3) is 7.86. The van der Waals surface area contributed by atoms with Crippen LogP contribution >= 0.6 is 23.4 Å². The Kier molecular flexibility index (Phi) is 9.55. The minimum absolute atomic E-state index is 0.0104. The van der Waals surface area contributed by atoms with Crippen molar-refractivity contribution in [1.29, 1.82) is 0 Å². The smallest absolute Gasteiger partial charge is 0.349 e. The lowest BCUT2D eigenvalue weighted by Crippen LogP contribution is -2.24. The van der Waals surface area contributed by atoms with Gasteiger partial charge in [-0.05, 0) is 35.4 Å². The molecule has 0 radical (unpaired) electrons. The zero-order valence-corrected chi connectivity index (χ0v) is 20.8. The second kappa shape index (κ2) is 12.6. The van der Waals surface area contributed by atoms with Crippen LogP contribution in [0.4, 0.5) is 19.0 Å². The molecule has 0 aliphatic rings. The minimum atomic E-state index is -4.43. The van der Waals surface area contributed by atoms with E-state index in [0.29, 0.717) is 46.1 Å². The van der Waals surface area contributed by atoms with Crippen molar-refractivity contribution < 1.29 is 18.0 Å². The van der Waals surface area contributed by atoms with Gasteiger partial charge in [0.15, 0.2) is 5.16 Å². The number of hydrogen-bond acceptors (Lipinski definition) is 5. The quantitative estimate of drug-likeness (QED) is 0.131. The molecule has 0 saturated heterocycles. The van der Waals surface area contributed by atoms with Crippen molar-refractivity contribution in [1.82, 2.24) is 15.3 Å². The monoisotopic (exact) mass is 532 g/mol. The van der Waals surface area contributed by atoms with Gasteiger partial charge in [-0.25, -0.2) is 9.97 Å². The number of halogens is 4. The van der Waals surface area contributed by atoms with Crippen LogP contribution in [0.15, 0.2) is 85.1 Å². The molecule has 1 heterocycles. The van der Waals surface area contributed by atoms with Gasteiger partial charge in [-0.3, -0.25) is 4.79 Å². The summed E-state index contributed by atoms with van der Waals surface area (Å²) in [5.41, 5.74) is 0.961. The SMILES string of the molecule is C=CCN(CC=C)c1cc(Cl)nc(SCc2ccc(C(=O)NCc3cccc(C(F)(F)F)c3)cc2)n1. The standard InChI is InChI=1S/C26H24ClF3N4OS/c1-3-12-34(13-4-2)23-15-22(27)32-25(33-23)36-17-18-8-10-20(11-9-18)24(35)31-16-19-6-5-7-21(14-19)26(28,29)30/h3-11,14-15H,1-2,12-13,16-17H2,(H,31,35). The summed E-state index contributed by atoms with van der Waals surface area (Å²) in [5, 5.41) is 3.49. The van der Waals surface area contributed by atoms with Gasteiger partial charge in [-0.15, -0.1) is 13.2 Å². The number of nitrogens with zero attached hydrogens (tertiary/aromatic N) is 3. The molecule has 1 aromatic heterocycles. The van der Waals surface area contributed by atoms with E-state index in [1.54, 1.807) is 42.5 Å². The molecule has 3 aromatic rings. The molecule has 1 amide bonds. The molecule has 0 saturated carbocycles. The summed E-state index contributed by atoms with van der Waals surface area (Å²) in [4.78, 5) is 23.3. The average Bonchev–Trinajstić information content (AvgIpc) is 2.85. The van der Waals surface area contributed by atoms with E-state index < -0.39 is 11.7 Å². The number of carbonyl (C=O) groups is 1. The fourth-order valence-electron chi connectivity index (χ4n) is 3.23. The van der Waals surface area contributed by atoms with Gasteiger partial charge in [0.25, 0.3) is 5.91 Å². The maximum atomic E-state index is 12.9. The highest BCUT2D eigenvalue weighted by molar-refractivity contribution is 7.98. The summed E-state index contributed by atoms with van der Waals surface area (Å²) in [7, 11) is 0. The zero-order valence-electron chi connectivity index (χ0n) is 19.3. The molecule has 0 spiro atoms. The molecule has 0 fully saturated rings. The third-order valence-corrected chi connectivity index (χ3v) is 6.09. The molecular weight excluding hydrogens is 509 g/mol. The highest BCUT2D eigenvalue weighted by Gasteiger charge is 2.30. The van der Waals surface area contributed by atoms with E-state index >= 15 is 0 Å². The molecule has 3 rings (SSSR count). The largest absolute Gasteiger partial charge is 0.416 e. The number of alkyl halides is 3. The molecule has 0 atom stereocenters. The lowest BCUT2D eigenvalue weighted by molar-refractivity contribution is -0.137. The Morgan fingerprint density at radius 2 is 1.72 bits per heavy atom. The first-order valence-corrected chi connectivity index (χ1v) is 12.2. The summed E-state index contributed by atoms with van der Waals surface area (Å²) in [6.45, 7) is 8.68. The van der Waals surface area contributed by atoms with Crippen molar-refractivity contribution in [2.45, 2.75) is 23.6 Å². The normalized spacial score (nSPS) is 11.1. The minimum Gasteiger partial charge on any atom is -0.349 e. The second-order valence-electron chi connectivity index (χ2n) is 7.68. The molecule has 0 bridgehead atoms. The van der Waals surface area contributed by atoms with Crippen LogP contribution in [0.1, 0.15) is 27.0 Å². The van der Waals surface area contributed by atoms with Gasteiger partial charge in [0.05, 0.1) is 5.56 Å². The second-order valence-corrected chi connectivity index (χ2v) is 9.01. The lowest BCUT2D eigenvalue weighted by Gasteiger charge is -2.20. The van der Waals surface area contributed by atoms with Gasteiger partial charge in [0.1, 0.15) is 11.0 Å². The van der Waals surface area contributed by atoms with Crippen LogP contribution in [-0.4, -0.2) is 29.0 Å². The maximum absolute atomic E-state index is 12.9. The first-order chi connectivity index (χ1) is 17.2. The van der Waals surface area contributed by atoms with Crippen LogP contribution in [0.25, 0.3) is 0 Å². The topological polar surface area (TPSA) is 58.1 Å². The lowest BCUT2D eigenvalue weighted by atomic mass is 10.1. The van der Waals surface area contributed by atoms with Crippen LogP contribution in [0.5, 0.6) is 0 Å². The van der Waals surface area contributed by atoms with Crippen LogP contribution < -0.4 is 10.2 Å². The summed E-state index contributed by atoms with van der Waals surface area (Å²) >= 11 is 7.60. The van der Waals surface area contributed by atoms with Crippen molar-refractivity contribution in [3.8, 4) is 0 Å². The van der Waals surface area contributed by atoms with E-state index in [2.05, 4.69) is 28.4 Å². The Balaban J connectivity index is 1.59. The molecular formula is C26H24ClF3N4OS. The maximum Gasteiger partial charge on any atom is 0.416 e. The van der Waals surface area contributed by atoms with Gasteiger partial charge in [0, 0.05) is 37.0 Å². The number of hydrogen-bond donors (Lipinski definition) is 1. The van der Waals surface area contributed by atoms with E-state index in [9.17, 15) is 18.0 Å². The Labute approximate surface area is 217 Å². The molecule has 10 heteroatoms. The highest BCUT2D eigenvalue weighted by atomic mass is 35.5. The summed E-state index contributed by atoms with van der Waals surface area (Å²) in [6.07, 6.45) is -0.893. The molecule has 2 aromatic carbocycles. The van der Waals surface area contributed by atoms with Crippen LogP contribution in [0.2, 0.25) is 5.15 Å². The summed E-state index contributed by atoms with van der Waals surface area (Å²) in [6, 6.07) is 13.5. The van der Waals surface area contributed by atoms with Gasteiger partial charge in [0.2, 0.25) is 0 Å². The Hall–Kier alpha value is -3.30. The van der Waals surface area contributed by atoms with E-state index in [0.717, 1.165) is 17.7 Å². The number of amides is 1. The van der Waals surface area contributed by atoms with Gasteiger partial charge in [-0.2, -0.15) is 13.2 Å². The van der Waals surface area contributed by atoms with Crippen LogP contribution in [-0.2, 0) is 18.5 Å². The molecule has 36 heavy (non-hydrogen) atoms. The molecule has 5 nitrogen and oxygen atoms in total. The number of carbonyl (C=O) groups excluding carboxylic acids is 1. The Morgan fingerprint density at radius 3 is 2.36 bits per heavy atom. The van der Waals surface area contributed by atoms with Gasteiger partial charge < -0.3 is 10.2 Å². The summed E-state index contributed by atoms with van der Waals surface area (Å²) in [5.74, 6) is 0.846. The Bertz CT molecular complexity index is 1210. The third-order valence-electron chi connectivity index (χ3n) is 4.98. The fraction of sp³-hybridized carbons (Fsp3) is 0.192. The van der Waals surface area contributed by atoms with E-state index in [-0.39, 0.29) is 12.5 Å². The average molecular weight is 533 g/mol. The zero-order chi connectivity index (χ0) is 26.1. The van der Waals surface area contributed by atoms with Crippen molar-refractivity contribution >= 4 is 35.1 Å². The van der Waals surface area contributed by atoms with Crippen LogP contribution in [0, 0.1) is 0 Å². The highest BCUT2D eigenvalue weighted by Crippen LogP contribution is 2.29. The van der Waals surface area contributed by atoms with E-state index in [1.807, 2.05) is 4.90 Å². The molecule has 1 N–H and O–H groups in total. The number of rotatable bonds is 11. The van der Waals surface area contributed by atoms with Crippen molar-refractivity contribution in [2.75, 3.05) is 18.0 Å². The van der Waals surface area contributed by atoms with Crippen LogP contribution in [0.3, 0.4) is 0 Å². The first-order valence-electron chi connectivity index (χ1n) is 10.9. The Morgan fingerprint density at radius 1 is 1.03 bits per heavy atom. The van der Waals surface area contributed by atoms with Gasteiger partial charge in [-0.1, -0.05) is 59.8 Å². The van der Waals surface area contributed by atoms with E-state index in [1.165, 1.54) is 23.9 Å². The van der Waals surface area contributed by atoms with Gasteiger partial charge >= 0.3 is 6.18 Å². The number of aromatic nitrogens is 2. The van der Waals surface area contributed by atoms with Crippen molar-refractivity contribution in [3.63, 3.8) is 0 Å². The predicted octanol–water partition coefficient (Wildman–Crippen LogP) is 6.55. The molecule has 0 unspecified atom stereocenters. The molecule has 188 valence electrons.